The molecule has 1 aliphatic heterocycles. The van der Waals surface area contributed by atoms with Crippen LogP contribution in [0.4, 0.5) is 0 Å². The molecule has 6 heteroatoms. The van der Waals surface area contributed by atoms with Gasteiger partial charge < -0.3 is 19.1 Å². The number of aromatic nitrogens is 1. The predicted molar refractivity (Wildman–Crippen MR) is 52.1 cm³/mol. The number of hydrogen-bond donors (Lipinski definition) is 1. The maximum absolute atomic E-state index is 10.5. The van der Waals surface area contributed by atoms with Crippen LogP contribution in [0.25, 0.3) is 0 Å². The lowest BCUT2D eigenvalue weighted by Gasteiger charge is -2.21. The molecule has 88 valence electrons. The van der Waals surface area contributed by atoms with E-state index in [4.69, 9.17) is 19.1 Å². The number of carbonyl (C=O) groups is 1. The third-order valence-electron chi connectivity index (χ3n) is 2.41. The monoisotopic (exact) mass is 227 g/mol. The number of ether oxygens (including phenoxy) is 2. The van der Waals surface area contributed by atoms with E-state index in [0.717, 1.165) is 12.8 Å². The van der Waals surface area contributed by atoms with E-state index in [1.54, 1.807) is 0 Å². The molecule has 2 heterocycles. The van der Waals surface area contributed by atoms with Crippen LogP contribution in [0.1, 0.15) is 29.1 Å². The molecule has 0 atom stereocenters. The predicted octanol–water partition coefficient (Wildman–Crippen LogP) is 1.07. The fourth-order valence-corrected chi connectivity index (χ4v) is 1.52. The molecule has 0 radical (unpaired) electrons. The van der Waals surface area contributed by atoms with Crippen molar-refractivity contribution in [3.05, 3.63) is 17.5 Å². The van der Waals surface area contributed by atoms with Crippen LogP contribution in [0.15, 0.2) is 10.6 Å². The molecule has 1 saturated heterocycles. The van der Waals surface area contributed by atoms with E-state index in [1.165, 1.54) is 6.07 Å². The van der Waals surface area contributed by atoms with Crippen molar-refractivity contribution < 1.29 is 23.9 Å². The van der Waals surface area contributed by atoms with E-state index in [0.29, 0.717) is 19.0 Å². The minimum Gasteiger partial charge on any atom is -0.476 e. The smallest absolute Gasteiger partial charge is 0.358 e. The van der Waals surface area contributed by atoms with E-state index >= 15 is 0 Å². The van der Waals surface area contributed by atoms with Crippen LogP contribution in [0.3, 0.4) is 0 Å². The number of carboxylic acid groups (broad SMARTS) is 1. The van der Waals surface area contributed by atoms with Gasteiger partial charge in [-0.1, -0.05) is 5.16 Å². The number of aromatic carboxylic acids is 1. The lowest BCUT2D eigenvalue weighted by molar-refractivity contribution is -0.0443. The molecule has 1 N–H and O–H groups in total. The Labute approximate surface area is 92.1 Å². The lowest BCUT2D eigenvalue weighted by atomic mass is 10.1. The van der Waals surface area contributed by atoms with Crippen molar-refractivity contribution in [2.75, 3.05) is 13.2 Å². The molecule has 0 amide bonds. The second-order valence-corrected chi connectivity index (χ2v) is 3.61. The summed E-state index contributed by atoms with van der Waals surface area (Å²) >= 11 is 0. The normalized spacial score (nSPS) is 17.5. The van der Waals surface area contributed by atoms with Gasteiger partial charge in [0, 0.05) is 19.3 Å². The fourth-order valence-electron chi connectivity index (χ4n) is 1.52. The van der Waals surface area contributed by atoms with Crippen molar-refractivity contribution in [2.45, 2.75) is 25.6 Å². The Bertz CT molecular complexity index is 356. The molecule has 0 unspecified atom stereocenters. The molecule has 1 aromatic heterocycles. The second kappa shape index (κ2) is 5.09. The van der Waals surface area contributed by atoms with Gasteiger partial charge in [-0.15, -0.1) is 0 Å². The van der Waals surface area contributed by atoms with Crippen LogP contribution in [0.2, 0.25) is 0 Å². The SMILES string of the molecule is O=C(O)c1cc(COC2CCOCC2)on1. The Kier molecular flexibility index (Phi) is 3.53. The van der Waals surface area contributed by atoms with E-state index in [2.05, 4.69) is 5.16 Å². The van der Waals surface area contributed by atoms with Gasteiger partial charge in [-0.3, -0.25) is 0 Å². The quantitative estimate of drug-likeness (QED) is 0.828. The third-order valence-corrected chi connectivity index (χ3v) is 2.41. The molecule has 1 aliphatic rings. The third kappa shape index (κ3) is 2.80. The standard InChI is InChI=1S/C10H13NO5/c12-10(13)9-5-8(16-11-9)6-15-7-1-3-14-4-2-7/h5,7H,1-4,6H2,(H,12,13). The molecule has 6 nitrogen and oxygen atoms in total. The Balaban J connectivity index is 1.81. The lowest BCUT2D eigenvalue weighted by Crippen LogP contribution is -2.23. The Morgan fingerprint density at radius 1 is 1.56 bits per heavy atom. The van der Waals surface area contributed by atoms with Gasteiger partial charge in [0.1, 0.15) is 6.61 Å². The highest BCUT2D eigenvalue weighted by Gasteiger charge is 2.16. The molecular weight excluding hydrogens is 214 g/mol. The van der Waals surface area contributed by atoms with Crippen molar-refractivity contribution in [2.24, 2.45) is 0 Å². The maximum Gasteiger partial charge on any atom is 0.358 e. The number of nitrogens with zero attached hydrogens (tertiary/aromatic N) is 1. The van der Waals surface area contributed by atoms with Crippen LogP contribution in [-0.2, 0) is 16.1 Å². The Morgan fingerprint density at radius 2 is 2.31 bits per heavy atom. The molecule has 0 aliphatic carbocycles. The van der Waals surface area contributed by atoms with Crippen LogP contribution in [0, 0.1) is 0 Å². The van der Waals surface area contributed by atoms with E-state index < -0.39 is 5.97 Å². The molecular formula is C10H13NO5. The van der Waals surface area contributed by atoms with E-state index in [1.807, 2.05) is 0 Å². The highest BCUT2D eigenvalue weighted by molar-refractivity contribution is 5.85. The van der Waals surface area contributed by atoms with Gasteiger partial charge in [0.25, 0.3) is 0 Å². The van der Waals surface area contributed by atoms with Crippen LogP contribution in [-0.4, -0.2) is 35.6 Å². The molecule has 0 saturated carbocycles. The first-order valence-corrected chi connectivity index (χ1v) is 5.14. The average molecular weight is 227 g/mol. The summed E-state index contributed by atoms with van der Waals surface area (Å²) in [5.41, 5.74) is -0.0921. The van der Waals surface area contributed by atoms with Gasteiger partial charge in [0.15, 0.2) is 11.5 Å². The molecule has 1 aromatic rings. The van der Waals surface area contributed by atoms with Crippen LogP contribution >= 0.6 is 0 Å². The topological polar surface area (TPSA) is 81.8 Å². The van der Waals surface area contributed by atoms with Crippen molar-refractivity contribution in [3.63, 3.8) is 0 Å². The molecule has 1 fully saturated rings. The Hall–Kier alpha value is -1.40. The minimum atomic E-state index is -1.10. The summed E-state index contributed by atoms with van der Waals surface area (Å²) in [6.45, 7) is 1.67. The number of rotatable bonds is 4. The van der Waals surface area contributed by atoms with Gasteiger partial charge in [-0.25, -0.2) is 4.79 Å². The maximum atomic E-state index is 10.5. The summed E-state index contributed by atoms with van der Waals surface area (Å²) < 4.78 is 15.6. The summed E-state index contributed by atoms with van der Waals surface area (Å²) in [6, 6.07) is 1.38. The average Bonchev–Trinajstić information content (AvgIpc) is 2.76. The summed E-state index contributed by atoms with van der Waals surface area (Å²) in [4.78, 5) is 10.5. The van der Waals surface area contributed by atoms with Gasteiger partial charge in [-0.05, 0) is 12.8 Å². The van der Waals surface area contributed by atoms with Crippen LogP contribution in [0.5, 0.6) is 0 Å². The second-order valence-electron chi connectivity index (χ2n) is 3.61. The van der Waals surface area contributed by atoms with Crippen molar-refractivity contribution in [1.29, 1.82) is 0 Å². The summed E-state index contributed by atoms with van der Waals surface area (Å²) in [7, 11) is 0. The molecule has 16 heavy (non-hydrogen) atoms. The van der Waals surface area contributed by atoms with Gasteiger partial charge in [0.2, 0.25) is 0 Å². The first-order chi connectivity index (χ1) is 7.75. The van der Waals surface area contributed by atoms with E-state index in [9.17, 15) is 4.79 Å². The molecule has 0 bridgehead atoms. The largest absolute Gasteiger partial charge is 0.476 e. The highest BCUT2D eigenvalue weighted by Crippen LogP contribution is 2.13. The van der Waals surface area contributed by atoms with Gasteiger partial charge in [-0.2, -0.15) is 0 Å². The summed E-state index contributed by atoms with van der Waals surface area (Å²) in [5.74, 6) is -0.662. The first kappa shape index (κ1) is 11.1. The summed E-state index contributed by atoms with van der Waals surface area (Å²) in [5, 5.41) is 12.0. The Morgan fingerprint density at radius 3 is 2.94 bits per heavy atom. The summed E-state index contributed by atoms with van der Waals surface area (Å²) in [6.07, 6.45) is 1.88. The molecule has 0 aromatic carbocycles. The van der Waals surface area contributed by atoms with Gasteiger partial charge >= 0.3 is 5.97 Å². The fraction of sp³-hybridized carbons (Fsp3) is 0.600. The zero-order chi connectivity index (χ0) is 11.4. The number of hydrogen-bond acceptors (Lipinski definition) is 5. The number of carboxylic acids is 1. The first-order valence-electron chi connectivity index (χ1n) is 5.14. The van der Waals surface area contributed by atoms with Crippen molar-refractivity contribution in [1.82, 2.24) is 5.16 Å². The van der Waals surface area contributed by atoms with Gasteiger partial charge in [0.05, 0.1) is 6.10 Å². The highest BCUT2D eigenvalue weighted by atomic mass is 16.5. The zero-order valence-electron chi connectivity index (χ0n) is 8.72. The van der Waals surface area contributed by atoms with Crippen molar-refractivity contribution >= 4 is 5.97 Å². The molecule has 2 rings (SSSR count). The van der Waals surface area contributed by atoms with E-state index in [-0.39, 0.29) is 18.4 Å². The van der Waals surface area contributed by atoms with Crippen molar-refractivity contribution in [3.8, 4) is 0 Å². The zero-order valence-corrected chi connectivity index (χ0v) is 8.72. The minimum absolute atomic E-state index is 0.0921. The van der Waals surface area contributed by atoms with Crippen LogP contribution < -0.4 is 0 Å². The molecule has 0 spiro atoms.